The lowest BCUT2D eigenvalue weighted by Crippen LogP contribution is -2.49. The van der Waals surface area contributed by atoms with Gasteiger partial charge >= 0.3 is 0 Å². The number of hydrogen-bond acceptors (Lipinski definition) is 3. The van der Waals surface area contributed by atoms with Gasteiger partial charge in [0.25, 0.3) is 0 Å². The first-order chi connectivity index (χ1) is 8.65. The molecule has 2 atom stereocenters. The average molecular weight is 266 g/mol. The Bertz CT molecular complexity index is 396. The number of nitrogens with one attached hydrogen (secondary N) is 2. The van der Waals surface area contributed by atoms with Gasteiger partial charge < -0.3 is 10.6 Å². The molecule has 1 aromatic heterocycles. The summed E-state index contributed by atoms with van der Waals surface area (Å²) < 4.78 is 0. The predicted octanol–water partition coefficient (Wildman–Crippen LogP) is 2.25. The number of thiophene rings is 1. The minimum absolute atomic E-state index is 0.0197. The molecular weight excluding hydrogens is 244 g/mol. The van der Waals surface area contributed by atoms with Crippen LogP contribution in [0, 0.1) is 6.92 Å². The minimum Gasteiger partial charge on any atom is -0.352 e. The second kappa shape index (κ2) is 6.34. The molecule has 0 saturated carbocycles. The Morgan fingerprint density at radius 1 is 1.56 bits per heavy atom. The Morgan fingerprint density at radius 2 is 2.39 bits per heavy atom. The van der Waals surface area contributed by atoms with Crippen LogP contribution < -0.4 is 10.6 Å². The number of amides is 1. The Kier molecular flexibility index (Phi) is 4.78. The zero-order valence-corrected chi connectivity index (χ0v) is 12.0. The Hall–Kier alpha value is -0.870. The normalized spacial score (nSPS) is 21.6. The van der Waals surface area contributed by atoms with Crippen LogP contribution in [0.5, 0.6) is 0 Å². The highest BCUT2D eigenvalue weighted by Crippen LogP contribution is 2.17. The van der Waals surface area contributed by atoms with Gasteiger partial charge in [0.05, 0.1) is 6.04 Å². The highest BCUT2D eigenvalue weighted by molar-refractivity contribution is 7.11. The van der Waals surface area contributed by atoms with Crippen LogP contribution in [0.1, 0.15) is 35.9 Å². The van der Waals surface area contributed by atoms with Crippen LogP contribution in [-0.4, -0.2) is 24.5 Å². The molecule has 0 spiro atoms. The topological polar surface area (TPSA) is 41.1 Å². The summed E-state index contributed by atoms with van der Waals surface area (Å²) in [5, 5.41) is 6.40. The minimum atomic E-state index is 0.0197. The Balaban J connectivity index is 1.79. The quantitative estimate of drug-likeness (QED) is 0.877. The van der Waals surface area contributed by atoms with Crippen LogP contribution in [0.3, 0.4) is 0 Å². The summed E-state index contributed by atoms with van der Waals surface area (Å²) >= 11 is 1.81. The van der Waals surface area contributed by atoms with Crippen molar-refractivity contribution >= 4 is 17.2 Å². The Morgan fingerprint density at radius 3 is 3.00 bits per heavy atom. The summed E-state index contributed by atoms with van der Waals surface area (Å²) in [4.78, 5) is 14.7. The molecule has 2 rings (SSSR count). The van der Waals surface area contributed by atoms with Crippen molar-refractivity contribution in [3.63, 3.8) is 0 Å². The molecule has 1 aliphatic rings. The van der Waals surface area contributed by atoms with Gasteiger partial charge in [0.15, 0.2) is 0 Å². The zero-order valence-electron chi connectivity index (χ0n) is 11.2. The summed E-state index contributed by atoms with van der Waals surface area (Å²) in [5.74, 6) is 0.162. The molecule has 2 unspecified atom stereocenters. The summed E-state index contributed by atoms with van der Waals surface area (Å²) in [6, 6.07) is 4.52. The van der Waals surface area contributed by atoms with E-state index in [1.807, 2.05) is 11.3 Å². The van der Waals surface area contributed by atoms with Crippen molar-refractivity contribution in [3.05, 3.63) is 21.9 Å². The standard InChI is InChI=1S/C14H22N2OS/c1-10(9-12-7-6-11(2)18-12)16-14(17)13-5-3-4-8-15-13/h6-7,10,13,15H,3-5,8-9H2,1-2H3,(H,16,17). The lowest BCUT2D eigenvalue weighted by atomic mass is 10.0. The van der Waals surface area contributed by atoms with Crippen LogP contribution in [0.25, 0.3) is 0 Å². The third-order valence-electron chi connectivity index (χ3n) is 3.32. The van der Waals surface area contributed by atoms with Gasteiger partial charge in [0, 0.05) is 22.2 Å². The van der Waals surface area contributed by atoms with Crippen molar-refractivity contribution in [2.24, 2.45) is 0 Å². The van der Waals surface area contributed by atoms with Crippen molar-refractivity contribution in [1.29, 1.82) is 0 Å². The summed E-state index contributed by atoms with van der Waals surface area (Å²) in [6.45, 7) is 5.16. The fourth-order valence-electron chi connectivity index (χ4n) is 2.37. The van der Waals surface area contributed by atoms with Crippen LogP contribution in [-0.2, 0) is 11.2 Å². The molecule has 1 fully saturated rings. The van der Waals surface area contributed by atoms with E-state index in [1.54, 1.807) is 0 Å². The maximum atomic E-state index is 12.0. The number of carbonyl (C=O) groups excluding carboxylic acids is 1. The molecule has 1 saturated heterocycles. The maximum absolute atomic E-state index is 12.0. The van der Waals surface area contributed by atoms with Gasteiger partial charge in [0.1, 0.15) is 0 Å². The van der Waals surface area contributed by atoms with Gasteiger partial charge in [-0.15, -0.1) is 11.3 Å². The molecular formula is C14H22N2OS. The molecule has 100 valence electrons. The first-order valence-electron chi connectivity index (χ1n) is 6.74. The number of rotatable bonds is 4. The van der Waals surface area contributed by atoms with Crippen molar-refractivity contribution in [2.75, 3.05) is 6.54 Å². The van der Waals surface area contributed by atoms with Gasteiger partial charge in [-0.2, -0.15) is 0 Å². The van der Waals surface area contributed by atoms with Gasteiger partial charge in [-0.05, 0) is 45.4 Å². The van der Waals surface area contributed by atoms with E-state index in [1.165, 1.54) is 16.2 Å². The molecule has 1 aromatic rings. The van der Waals surface area contributed by atoms with Gasteiger partial charge in [-0.25, -0.2) is 0 Å². The lowest BCUT2D eigenvalue weighted by molar-refractivity contribution is -0.124. The van der Waals surface area contributed by atoms with Crippen LogP contribution >= 0.6 is 11.3 Å². The predicted molar refractivity (Wildman–Crippen MR) is 76.0 cm³/mol. The van der Waals surface area contributed by atoms with Crippen molar-refractivity contribution in [2.45, 2.75) is 51.6 Å². The monoisotopic (exact) mass is 266 g/mol. The van der Waals surface area contributed by atoms with E-state index in [0.717, 1.165) is 25.8 Å². The summed E-state index contributed by atoms with van der Waals surface area (Å²) in [5.41, 5.74) is 0. The fourth-order valence-corrected chi connectivity index (χ4v) is 3.39. The fraction of sp³-hybridized carbons (Fsp3) is 0.643. The Labute approximate surface area is 113 Å². The molecule has 18 heavy (non-hydrogen) atoms. The number of aryl methyl sites for hydroxylation is 1. The summed E-state index contributed by atoms with van der Waals surface area (Å²) in [7, 11) is 0. The molecule has 0 bridgehead atoms. The van der Waals surface area contributed by atoms with Gasteiger partial charge in [-0.1, -0.05) is 6.42 Å². The molecule has 2 N–H and O–H groups in total. The highest BCUT2D eigenvalue weighted by atomic mass is 32.1. The molecule has 0 aliphatic carbocycles. The zero-order chi connectivity index (χ0) is 13.0. The van der Waals surface area contributed by atoms with Crippen LogP contribution in [0.4, 0.5) is 0 Å². The van der Waals surface area contributed by atoms with Crippen molar-refractivity contribution in [3.8, 4) is 0 Å². The van der Waals surface area contributed by atoms with E-state index in [9.17, 15) is 4.79 Å². The lowest BCUT2D eigenvalue weighted by Gasteiger charge is -2.24. The third-order valence-corrected chi connectivity index (χ3v) is 4.34. The van der Waals surface area contributed by atoms with E-state index in [-0.39, 0.29) is 18.0 Å². The average Bonchev–Trinajstić information content (AvgIpc) is 2.75. The third kappa shape index (κ3) is 3.82. The van der Waals surface area contributed by atoms with Gasteiger partial charge in [-0.3, -0.25) is 4.79 Å². The second-order valence-electron chi connectivity index (χ2n) is 5.13. The molecule has 0 radical (unpaired) electrons. The molecule has 4 heteroatoms. The summed E-state index contributed by atoms with van der Waals surface area (Å²) in [6.07, 6.45) is 4.24. The molecule has 1 amide bonds. The molecule has 2 heterocycles. The maximum Gasteiger partial charge on any atom is 0.237 e. The first-order valence-corrected chi connectivity index (χ1v) is 7.56. The van der Waals surface area contributed by atoms with Gasteiger partial charge in [0.2, 0.25) is 5.91 Å². The molecule has 0 aromatic carbocycles. The molecule has 1 aliphatic heterocycles. The second-order valence-corrected chi connectivity index (χ2v) is 6.50. The molecule has 3 nitrogen and oxygen atoms in total. The number of piperidine rings is 1. The smallest absolute Gasteiger partial charge is 0.237 e. The van der Waals surface area contributed by atoms with Crippen LogP contribution in [0.15, 0.2) is 12.1 Å². The number of hydrogen-bond donors (Lipinski definition) is 2. The largest absolute Gasteiger partial charge is 0.352 e. The van der Waals surface area contributed by atoms with Crippen molar-refractivity contribution in [1.82, 2.24) is 10.6 Å². The first kappa shape index (κ1) is 13.6. The van der Waals surface area contributed by atoms with E-state index in [0.29, 0.717) is 0 Å². The number of carbonyl (C=O) groups is 1. The van der Waals surface area contributed by atoms with E-state index < -0.39 is 0 Å². The highest BCUT2D eigenvalue weighted by Gasteiger charge is 2.21. The van der Waals surface area contributed by atoms with E-state index in [2.05, 4.69) is 36.6 Å². The SMILES string of the molecule is Cc1ccc(CC(C)NC(=O)C2CCCCN2)s1. The van der Waals surface area contributed by atoms with E-state index in [4.69, 9.17) is 0 Å². The van der Waals surface area contributed by atoms with E-state index >= 15 is 0 Å². The van der Waals surface area contributed by atoms with Crippen molar-refractivity contribution < 1.29 is 4.79 Å². The van der Waals surface area contributed by atoms with Crippen LogP contribution in [0.2, 0.25) is 0 Å².